The van der Waals surface area contributed by atoms with Crippen molar-refractivity contribution in [1.29, 1.82) is 0 Å². The predicted molar refractivity (Wildman–Crippen MR) is 110 cm³/mol. The van der Waals surface area contributed by atoms with E-state index >= 15 is 0 Å². The third kappa shape index (κ3) is 6.17. The Morgan fingerprint density at radius 2 is 1.91 bits per heavy atom. The minimum Gasteiger partial charge on any atom is -0.476 e. The lowest BCUT2D eigenvalue weighted by atomic mass is 10.0. The first kappa shape index (κ1) is 23.9. The molecule has 1 aromatic carbocycles. The molecule has 2 aromatic rings. The normalized spacial score (nSPS) is 15.8. The van der Waals surface area contributed by atoms with Crippen LogP contribution in [0.2, 0.25) is 0 Å². The van der Waals surface area contributed by atoms with Crippen molar-refractivity contribution < 1.29 is 32.5 Å². The van der Waals surface area contributed by atoms with Crippen molar-refractivity contribution in [3.05, 3.63) is 41.7 Å². The zero-order valence-corrected chi connectivity index (χ0v) is 17.9. The van der Waals surface area contributed by atoms with Crippen LogP contribution < -0.4 is 10.1 Å². The first-order valence-corrected chi connectivity index (χ1v) is 10.3. The molecule has 1 aliphatic carbocycles. The standard InChI is InChI=1S/C22H26F3N3O4/c1-21(30,15-8-9-15)13-27-19(29)17-12-26-20(32-11-3-10-31-2)18(28-17)14-4-6-16(7-5-14)22(23,24)25/h4-7,12,15,30H,3,8-11,13H2,1-2H3,(H,27,29). The summed E-state index contributed by atoms with van der Waals surface area (Å²) in [6.07, 6.45) is -0.834. The molecule has 1 fully saturated rings. The molecule has 0 spiro atoms. The van der Waals surface area contributed by atoms with E-state index in [1.807, 2.05) is 0 Å². The molecule has 1 amide bonds. The molecule has 0 radical (unpaired) electrons. The van der Waals surface area contributed by atoms with Gasteiger partial charge in [-0.2, -0.15) is 13.2 Å². The van der Waals surface area contributed by atoms with E-state index in [2.05, 4.69) is 15.3 Å². The fourth-order valence-electron chi connectivity index (χ4n) is 3.17. The number of halogens is 3. The molecule has 1 saturated carbocycles. The zero-order chi connectivity index (χ0) is 23.4. The van der Waals surface area contributed by atoms with Gasteiger partial charge in [-0.3, -0.25) is 4.79 Å². The van der Waals surface area contributed by atoms with E-state index in [0.29, 0.717) is 18.6 Å². The minimum atomic E-state index is -4.47. The van der Waals surface area contributed by atoms with Crippen molar-refractivity contribution in [3.63, 3.8) is 0 Å². The van der Waals surface area contributed by atoms with Gasteiger partial charge >= 0.3 is 6.18 Å². The van der Waals surface area contributed by atoms with Gasteiger partial charge in [0.15, 0.2) is 0 Å². The Balaban J connectivity index is 1.83. The topological polar surface area (TPSA) is 93.6 Å². The van der Waals surface area contributed by atoms with E-state index in [1.165, 1.54) is 18.3 Å². The van der Waals surface area contributed by atoms with Crippen molar-refractivity contribution >= 4 is 5.91 Å². The Morgan fingerprint density at radius 1 is 1.22 bits per heavy atom. The van der Waals surface area contributed by atoms with Gasteiger partial charge in [0, 0.05) is 32.2 Å². The maximum atomic E-state index is 12.9. The largest absolute Gasteiger partial charge is 0.476 e. The van der Waals surface area contributed by atoms with Crippen LogP contribution in [0.4, 0.5) is 13.2 Å². The van der Waals surface area contributed by atoms with Crippen molar-refractivity contribution in [3.8, 4) is 17.1 Å². The predicted octanol–water partition coefficient (Wildman–Crippen LogP) is 3.47. The number of rotatable bonds is 10. The summed E-state index contributed by atoms with van der Waals surface area (Å²) >= 11 is 0. The molecule has 0 bridgehead atoms. The highest BCUT2D eigenvalue weighted by Crippen LogP contribution is 2.39. The second-order valence-electron chi connectivity index (χ2n) is 7.99. The van der Waals surface area contributed by atoms with Gasteiger partial charge in [-0.1, -0.05) is 12.1 Å². The van der Waals surface area contributed by atoms with Gasteiger partial charge in [-0.15, -0.1) is 0 Å². The van der Waals surface area contributed by atoms with Crippen LogP contribution in [0.3, 0.4) is 0 Å². The number of benzene rings is 1. The maximum absolute atomic E-state index is 12.9. The molecule has 10 heteroatoms. The van der Waals surface area contributed by atoms with Gasteiger partial charge in [0.25, 0.3) is 5.91 Å². The molecule has 3 rings (SSSR count). The number of nitrogens with zero attached hydrogens (tertiary/aromatic N) is 2. The van der Waals surface area contributed by atoms with E-state index in [1.54, 1.807) is 14.0 Å². The number of carbonyl (C=O) groups excluding carboxylic acids is 1. The minimum absolute atomic E-state index is 0.0317. The Bertz CT molecular complexity index is 929. The van der Waals surface area contributed by atoms with Crippen LogP contribution in [-0.4, -0.2) is 53.5 Å². The van der Waals surface area contributed by atoms with Crippen molar-refractivity contribution in [2.75, 3.05) is 26.9 Å². The number of hydrogen-bond acceptors (Lipinski definition) is 6. The van der Waals surface area contributed by atoms with Crippen LogP contribution in [0.15, 0.2) is 30.5 Å². The molecule has 174 valence electrons. The molecule has 0 aliphatic heterocycles. The summed E-state index contributed by atoms with van der Waals surface area (Å²) in [5, 5.41) is 13.0. The highest BCUT2D eigenvalue weighted by atomic mass is 19.4. The van der Waals surface area contributed by atoms with Crippen LogP contribution in [0.25, 0.3) is 11.3 Å². The lowest BCUT2D eigenvalue weighted by Gasteiger charge is -2.23. The number of alkyl halides is 3. The Kier molecular flexibility index (Phi) is 7.35. The molecule has 0 saturated heterocycles. The maximum Gasteiger partial charge on any atom is 0.416 e. The first-order chi connectivity index (χ1) is 15.1. The van der Waals surface area contributed by atoms with E-state index in [4.69, 9.17) is 9.47 Å². The Morgan fingerprint density at radius 3 is 2.50 bits per heavy atom. The lowest BCUT2D eigenvalue weighted by Crippen LogP contribution is -2.42. The monoisotopic (exact) mass is 453 g/mol. The second-order valence-corrected chi connectivity index (χ2v) is 7.99. The number of amides is 1. The van der Waals surface area contributed by atoms with Crippen LogP contribution in [0, 0.1) is 5.92 Å². The summed E-state index contributed by atoms with van der Waals surface area (Å²) in [5.41, 5.74) is -1.36. The van der Waals surface area contributed by atoms with E-state index in [0.717, 1.165) is 25.0 Å². The number of ether oxygens (including phenoxy) is 2. The fraction of sp³-hybridized carbons (Fsp3) is 0.500. The second kappa shape index (κ2) is 9.83. The van der Waals surface area contributed by atoms with Gasteiger partial charge in [-0.25, -0.2) is 9.97 Å². The third-order valence-corrected chi connectivity index (χ3v) is 5.25. The molecule has 7 nitrogen and oxygen atoms in total. The quantitative estimate of drug-likeness (QED) is 0.535. The van der Waals surface area contributed by atoms with Crippen LogP contribution >= 0.6 is 0 Å². The Hall–Kier alpha value is -2.72. The lowest BCUT2D eigenvalue weighted by molar-refractivity contribution is -0.137. The molecular weight excluding hydrogens is 427 g/mol. The summed E-state index contributed by atoms with van der Waals surface area (Å²) in [5.74, 6) is -0.292. The van der Waals surface area contributed by atoms with E-state index in [9.17, 15) is 23.1 Å². The highest BCUT2D eigenvalue weighted by Gasteiger charge is 2.40. The number of hydrogen-bond donors (Lipinski definition) is 2. The van der Waals surface area contributed by atoms with Gasteiger partial charge in [0.1, 0.15) is 11.4 Å². The van der Waals surface area contributed by atoms with Crippen LogP contribution in [0.5, 0.6) is 5.88 Å². The van der Waals surface area contributed by atoms with Crippen molar-refractivity contribution in [2.24, 2.45) is 5.92 Å². The first-order valence-electron chi connectivity index (χ1n) is 10.3. The highest BCUT2D eigenvalue weighted by molar-refractivity contribution is 5.92. The smallest absolute Gasteiger partial charge is 0.416 e. The van der Waals surface area contributed by atoms with Crippen molar-refractivity contribution in [1.82, 2.24) is 15.3 Å². The summed E-state index contributed by atoms with van der Waals surface area (Å²) in [6, 6.07) is 4.39. The van der Waals surface area contributed by atoms with Gasteiger partial charge in [0.2, 0.25) is 5.88 Å². The van der Waals surface area contributed by atoms with Crippen LogP contribution in [-0.2, 0) is 10.9 Å². The average molecular weight is 453 g/mol. The van der Waals surface area contributed by atoms with E-state index in [-0.39, 0.29) is 36.3 Å². The number of carbonyl (C=O) groups is 1. The molecule has 1 heterocycles. The van der Waals surface area contributed by atoms with Gasteiger partial charge in [0.05, 0.1) is 24.0 Å². The fourth-order valence-corrected chi connectivity index (χ4v) is 3.17. The molecular formula is C22H26F3N3O4. The molecule has 1 aromatic heterocycles. The SMILES string of the molecule is COCCCOc1ncc(C(=O)NCC(C)(O)C2CC2)nc1-c1ccc(C(F)(F)F)cc1. The van der Waals surface area contributed by atoms with Crippen molar-refractivity contribution in [2.45, 2.75) is 38.0 Å². The van der Waals surface area contributed by atoms with Crippen LogP contribution in [0.1, 0.15) is 42.2 Å². The molecule has 1 atom stereocenters. The van der Waals surface area contributed by atoms with Gasteiger partial charge < -0.3 is 19.9 Å². The van der Waals surface area contributed by atoms with E-state index < -0.39 is 23.2 Å². The molecule has 32 heavy (non-hydrogen) atoms. The third-order valence-electron chi connectivity index (χ3n) is 5.25. The average Bonchev–Trinajstić information content (AvgIpc) is 3.61. The molecule has 1 unspecified atom stereocenters. The summed E-state index contributed by atoms with van der Waals surface area (Å²) < 4.78 is 49.3. The number of methoxy groups -OCH3 is 1. The Labute approximate surface area is 184 Å². The summed E-state index contributed by atoms with van der Waals surface area (Å²) in [6.45, 7) is 2.45. The molecule has 2 N–H and O–H groups in total. The van der Waals surface area contributed by atoms with Gasteiger partial charge in [-0.05, 0) is 37.8 Å². The zero-order valence-electron chi connectivity index (χ0n) is 17.9. The summed E-state index contributed by atoms with van der Waals surface area (Å²) in [4.78, 5) is 21.0. The number of nitrogens with one attached hydrogen (secondary N) is 1. The number of aromatic nitrogens is 2. The number of aliphatic hydroxyl groups is 1. The molecule has 1 aliphatic rings. The summed E-state index contributed by atoms with van der Waals surface area (Å²) in [7, 11) is 1.56.